The summed E-state index contributed by atoms with van der Waals surface area (Å²) in [7, 11) is 0. The van der Waals surface area contributed by atoms with Crippen LogP contribution in [0.25, 0.3) is 21.8 Å². The van der Waals surface area contributed by atoms with Crippen LogP contribution in [0.2, 0.25) is 0 Å². The van der Waals surface area contributed by atoms with Crippen LogP contribution in [-0.2, 0) is 16.2 Å². The minimum Gasteiger partial charge on any atom is -0.341 e. The van der Waals surface area contributed by atoms with Gasteiger partial charge in [-0.1, -0.05) is 41.1 Å². The first-order valence-electron chi connectivity index (χ1n) is 14.0. The molecule has 0 N–H and O–H groups in total. The maximum Gasteiger partial charge on any atom is 0.331 e. The lowest BCUT2D eigenvalue weighted by atomic mass is 9.93. The van der Waals surface area contributed by atoms with Crippen molar-refractivity contribution in [3.05, 3.63) is 94.6 Å². The molecule has 0 spiro atoms. The van der Waals surface area contributed by atoms with Gasteiger partial charge in [0, 0.05) is 58.4 Å². The largest absolute Gasteiger partial charge is 0.341 e. The number of nitrogens with zero attached hydrogens (tertiary/aromatic N) is 2. The maximum atomic E-state index is 13.7. The number of hydrogen-bond donors (Lipinski definition) is 0. The van der Waals surface area contributed by atoms with Crippen molar-refractivity contribution in [3.8, 4) is 0 Å². The summed E-state index contributed by atoms with van der Waals surface area (Å²) in [4.78, 5) is 43.5. The van der Waals surface area contributed by atoms with Gasteiger partial charge in [0.1, 0.15) is 5.71 Å². The standard InChI is InChI=1S/C34H34N2O4/c1-4-36-31-18-15-25(33(38)27-13-9-8-10-22(27)2)20-28(31)29-21-26(16-19-32(29)36)34(39)30(35-40-23(3)37)17-14-24-11-6-5-7-12-24/h8-11,13,15-16,18-21H,4-7,12,14,17H2,1-3H3/b35-30+. The minimum atomic E-state index is -0.561. The van der Waals surface area contributed by atoms with Gasteiger partial charge in [0.25, 0.3) is 0 Å². The molecule has 0 saturated heterocycles. The summed E-state index contributed by atoms with van der Waals surface area (Å²) in [6.07, 6.45) is 7.81. The molecule has 0 atom stereocenters. The van der Waals surface area contributed by atoms with Crippen molar-refractivity contribution >= 4 is 45.1 Å². The lowest BCUT2D eigenvalue weighted by Gasteiger charge is -2.13. The van der Waals surface area contributed by atoms with Gasteiger partial charge in [-0.25, -0.2) is 4.79 Å². The smallest absolute Gasteiger partial charge is 0.331 e. The number of ketones is 2. The summed E-state index contributed by atoms with van der Waals surface area (Å²) in [5.41, 5.74) is 6.23. The molecule has 3 aromatic carbocycles. The number of oxime groups is 1. The summed E-state index contributed by atoms with van der Waals surface area (Å²) in [5, 5.41) is 5.77. The summed E-state index contributed by atoms with van der Waals surface area (Å²) in [6.45, 7) is 6.03. The molecule has 0 fully saturated rings. The topological polar surface area (TPSA) is 77.7 Å². The Balaban J connectivity index is 1.54. The third kappa shape index (κ3) is 5.53. The highest BCUT2D eigenvalue weighted by atomic mass is 16.7. The fraction of sp³-hybridized carbons (Fsp3) is 0.294. The van der Waals surface area contributed by atoms with Gasteiger partial charge in [0.05, 0.1) is 0 Å². The molecule has 6 heteroatoms. The highest BCUT2D eigenvalue weighted by Gasteiger charge is 2.20. The molecule has 0 unspecified atom stereocenters. The van der Waals surface area contributed by atoms with E-state index in [2.05, 4.69) is 22.7 Å². The fourth-order valence-corrected chi connectivity index (χ4v) is 5.61. The third-order valence-electron chi connectivity index (χ3n) is 7.71. The minimum absolute atomic E-state index is 0.0301. The first kappa shape index (κ1) is 27.3. The van der Waals surface area contributed by atoms with E-state index in [4.69, 9.17) is 4.84 Å². The number of rotatable bonds is 9. The third-order valence-corrected chi connectivity index (χ3v) is 7.71. The zero-order valence-corrected chi connectivity index (χ0v) is 23.3. The van der Waals surface area contributed by atoms with Crippen LogP contribution in [0, 0.1) is 6.92 Å². The Hall–Kier alpha value is -4.32. The molecule has 0 saturated carbocycles. The summed E-state index contributed by atoms with van der Waals surface area (Å²) in [6, 6.07) is 19.0. The zero-order chi connectivity index (χ0) is 28.2. The molecular weight excluding hydrogens is 500 g/mol. The number of aromatic nitrogens is 1. The van der Waals surface area contributed by atoms with Crippen molar-refractivity contribution in [2.24, 2.45) is 5.16 Å². The number of aryl methyl sites for hydroxylation is 2. The van der Waals surface area contributed by atoms with Gasteiger partial charge in [-0.05, 0) is 87.9 Å². The molecule has 0 bridgehead atoms. The molecular formula is C34H34N2O4. The van der Waals surface area contributed by atoms with E-state index in [0.29, 0.717) is 29.5 Å². The SMILES string of the molecule is CCn1c2ccc(C(=O)/C(CCC3=CCCCC3)=N/OC(C)=O)cc2c2cc(C(=O)c3ccccc3C)ccc21. The molecule has 1 heterocycles. The summed E-state index contributed by atoms with van der Waals surface area (Å²) in [5.74, 6) is -0.851. The van der Waals surface area contributed by atoms with E-state index in [9.17, 15) is 14.4 Å². The Kier molecular flexibility index (Phi) is 8.06. The zero-order valence-electron chi connectivity index (χ0n) is 23.3. The number of hydrogen-bond acceptors (Lipinski definition) is 5. The Morgan fingerprint density at radius 2 is 1.62 bits per heavy atom. The quantitative estimate of drug-likeness (QED) is 0.0723. The van der Waals surface area contributed by atoms with Crippen molar-refractivity contribution in [2.45, 2.75) is 65.8 Å². The van der Waals surface area contributed by atoms with Crippen LogP contribution in [-0.4, -0.2) is 27.8 Å². The molecule has 0 radical (unpaired) electrons. The van der Waals surface area contributed by atoms with Crippen molar-refractivity contribution in [1.82, 2.24) is 4.57 Å². The van der Waals surface area contributed by atoms with Crippen LogP contribution < -0.4 is 0 Å². The van der Waals surface area contributed by atoms with Gasteiger partial charge in [0.15, 0.2) is 5.78 Å². The van der Waals surface area contributed by atoms with Gasteiger partial charge < -0.3 is 9.40 Å². The Morgan fingerprint density at radius 3 is 2.27 bits per heavy atom. The van der Waals surface area contributed by atoms with Crippen LogP contribution in [0.5, 0.6) is 0 Å². The Labute approximate surface area is 234 Å². The molecule has 6 nitrogen and oxygen atoms in total. The van der Waals surface area contributed by atoms with E-state index in [0.717, 1.165) is 53.2 Å². The van der Waals surface area contributed by atoms with E-state index < -0.39 is 5.97 Å². The Bertz CT molecular complexity index is 1690. The van der Waals surface area contributed by atoms with E-state index in [1.165, 1.54) is 18.9 Å². The highest BCUT2D eigenvalue weighted by Crippen LogP contribution is 2.32. The molecule has 40 heavy (non-hydrogen) atoms. The maximum absolute atomic E-state index is 13.7. The number of fused-ring (bicyclic) bond motifs is 3. The van der Waals surface area contributed by atoms with E-state index in [-0.39, 0.29) is 17.3 Å². The van der Waals surface area contributed by atoms with Gasteiger partial charge in [0.2, 0.25) is 5.78 Å². The first-order chi connectivity index (χ1) is 19.4. The molecule has 0 amide bonds. The molecule has 1 aliphatic rings. The predicted molar refractivity (Wildman–Crippen MR) is 159 cm³/mol. The molecule has 1 aliphatic carbocycles. The molecule has 0 aliphatic heterocycles. The second-order valence-corrected chi connectivity index (χ2v) is 10.4. The Morgan fingerprint density at radius 1 is 0.925 bits per heavy atom. The van der Waals surface area contributed by atoms with E-state index in [1.807, 2.05) is 61.5 Å². The van der Waals surface area contributed by atoms with Crippen LogP contribution in [0.15, 0.2) is 77.5 Å². The average Bonchev–Trinajstić information content (AvgIpc) is 3.29. The van der Waals surface area contributed by atoms with Crippen LogP contribution in [0.4, 0.5) is 0 Å². The monoisotopic (exact) mass is 534 g/mol. The molecule has 204 valence electrons. The lowest BCUT2D eigenvalue weighted by molar-refractivity contribution is -0.140. The van der Waals surface area contributed by atoms with Crippen molar-refractivity contribution in [3.63, 3.8) is 0 Å². The second kappa shape index (κ2) is 11.8. The lowest BCUT2D eigenvalue weighted by Crippen LogP contribution is -2.16. The number of carbonyl (C=O) groups excluding carboxylic acids is 3. The number of allylic oxidation sites excluding steroid dienone is 2. The van der Waals surface area contributed by atoms with Crippen LogP contribution in [0.1, 0.15) is 84.2 Å². The molecule has 4 aromatic rings. The number of benzene rings is 3. The molecule has 5 rings (SSSR count). The van der Waals surface area contributed by atoms with Gasteiger partial charge in [-0.3, -0.25) is 9.59 Å². The normalized spacial score (nSPS) is 13.9. The number of Topliss-reactive ketones (excluding diaryl/α,β-unsaturated/α-hetero) is 1. The van der Waals surface area contributed by atoms with E-state index in [1.54, 1.807) is 6.07 Å². The van der Waals surface area contributed by atoms with Gasteiger partial charge >= 0.3 is 5.97 Å². The van der Waals surface area contributed by atoms with Crippen molar-refractivity contribution < 1.29 is 19.2 Å². The summed E-state index contributed by atoms with van der Waals surface area (Å²) < 4.78 is 2.18. The second-order valence-electron chi connectivity index (χ2n) is 10.4. The highest BCUT2D eigenvalue weighted by molar-refractivity contribution is 6.46. The van der Waals surface area contributed by atoms with Crippen molar-refractivity contribution in [2.75, 3.05) is 0 Å². The predicted octanol–water partition coefficient (Wildman–Crippen LogP) is 7.74. The average molecular weight is 535 g/mol. The van der Waals surface area contributed by atoms with Crippen LogP contribution in [0.3, 0.4) is 0 Å². The van der Waals surface area contributed by atoms with E-state index >= 15 is 0 Å². The van der Waals surface area contributed by atoms with Crippen LogP contribution >= 0.6 is 0 Å². The first-order valence-corrected chi connectivity index (χ1v) is 14.0. The van der Waals surface area contributed by atoms with Crippen molar-refractivity contribution in [1.29, 1.82) is 0 Å². The van der Waals surface area contributed by atoms with Gasteiger partial charge in [-0.2, -0.15) is 0 Å². The fourth-order valence-electron chi connectivity index (χ4n) is 5.61. The molecule has 1 aromatic heterocycles. The van der Waals surface area contributed by atoms with Gasteiger partial charge in [-0.15, -0.1) is 0 Å². The number of carbonyl (C=O) groups is 3. The summed E-state index contributed by atoms with van der Waals surface area (Å²) >= 11 is 0.